The van der Waals surface area contributed by atoms with Gasteiger partial charge in [0.15, 0.2) is 5.13 Å². The number of aryl methyl sites for hydroxylation is 1. The average molecular weight is 227 g/mol. The quantitative estimate of drug-likeness (QED) is 0.806. The highest BCUT2D eigenvalue weighted by atomic mass is 32.1. The van der Waals surface area contributed by atoms with Gasteiger partial charge in [-0.1, -0.05) is 0 Å². The lowest BCUT2D eigenvalue weighted by molar-refractivity contribution is -0.121. The van der Waals surface area contributed by atoms with Crippen molar-refractivity contribution in [3.8, 4) is 0 Å². The van der Waals surface area contributed by atoms with Crippen molar-refractivity contribution in [2.24, 2.45) is 0 Å². The van der Waals surface area contributed by atoms with Crippen molar-refractivity contribution in [3.63, 3.8) is 0 Å². The Morgan fingerprint density at radius 2 is 2.33 bits per heavy atom. The molecule has 0 saturated heterocycles. The van der Waals surface area contributed by atoms with Gasteiger partial charge in [-0.2, -0.15) is 0 Å². The lowest BCUT2D eigenvalue weighted by Gasteiger charge is -2.08. The van der Waals surface area contributed by atoms with Crippen LogP contribution < -0.4 is 10.6 Å². The van der Waals surface area contributed by atoms with E-state index in [1.807, 2.05) is 26.2 Å². The fraction of sp³-hybridized carbons (Fsp3) is 0.600. The van der Waals surface area contributed by atoms with Crippen molar-refractivity contribution in [2.45, 2.75) is 33.2 Å². The van der Waals surface area contributed by atoms with Crippen molar-refractivity contribution in [1.29, 1.82) is 0 Å². The fourth-order valence-corrected chi connectivity index (χ4v) is 1.83. The number of hydrogen-bond acceptors (Lipinski definition) is 4. The first-order chi connectivity index (χ1) is 7.08. The normalized spacial score (nSPS) is 10.4. The van der Waals surface area contributed by atoms with Crippen LogP contribution >= 0.6 is 11.3 Å². The molecule has 1 amide bonds. The lowest BCUT2D eigenvalue weighted by atomic mass is 10.3. The molecule has 0 aromatic carbocycles. The van der Waals surface area contributed by atoms with Crippen LogP contribution in [-0.4, -0.2) is 23.5 Å². The molecule has 0 aliphatic carbocycles. The minimum absolute atomic E-state index is 0.0748. The number of nitrogens with one attached hydrogen (secondary N) is 2. The number of rotatable bonds is 5. The summed E-state index contributed by atoms with van der Waals surface area (Å²) < 4.78 is 0. The SMILES string of the molecule is Cc1csc(NCCC(=O)NC(C)C)n1. The van der Waals surface area contributed by atoms with Gasteiger partial charge < -0.3 is 10.6 Å². The van der Waals surface area contributed by atoms with Crippen LogP contribution in [0, 0.1) is 6.92 Å². The van der Waals surface area contributed by atoms with Gasteiger partial charge in [0.25, 0.3) is 0 Å². The van der Waals surface area contributed by atoms with Crippen LogP contribution in [-0.2, 0) is 4.79 Å². The zero-order chi connectivity index (χ0) is 11.3. The maximum absolute atomic E-state index is 11.3. The standard InChI is InChI=1S/C10H17N3OS/c1-7(2)12-9(14)4-5-11-10-13-8(3)6-15-10/h6-7H,4-5H2,1-3H3,(H,11,13)(H,12,14). The molecular formula is C10H17N3OS. The molecule has 0 bridgehead atoms. The molecule has 5 heteroatoms. The summed E-state index contributed by atoms with van der Waals surface area (Å²) in [4.78, 5) is 15.5. The van der Waals surface area contributed by atoms with Crippen LogP contribution in [0.5, 0.6) is 0 Å². The van der Waals surface area contributed by atoms with Crippen LogP contribution in [0.2, 0.25) is 0 Å². The molecule has 0 radical (unpaired) electrons. The summed E-state index contributed by atoms with van der Waals surface area (Å²) in [5.74, 6) is 0.0748. The van der Waals surface area contributed by atoms with E-state index >= 15 is 0 Å². The van der Waals surface area contributed by atoms with Gasteiger partial charge in [-0.05, 0) is 20.8 Å². The molecular weight excluding hydrogens is 210 g/mol. The van der Waals surface area contributed by atoms with E-state index in [1.54, 1.807) is 11.3 Å². The van der Waals surface area contributed by atoms with Gasteiger partial charge in [-0.15, -0.1) is 11.3 Å². The van der Waals surface area contributed by atoms with E-state index in [0.29, 0.717) is 13.0 Å². The zero-order valence-electron chi connectivity index (χ0n) is 9.33. The van der Waals surface area contributed by atoms with E-state index < -0.39 is 0 Å². The number of aromatic nitrogens is 1. The molecule has 0 fully saturated rings. The molecule has 0 aliphatic heterocycles. The number of thiazole rings is 1. The van der Waals surface area contributed by atoms with Crippen molar-refractivity contribution < 1.29 is 4.79 Å². The van der Waals surface area contributed by atoms with E-state index in [0.717, 1.165) is 10.8 Å². The molecule has 1 heterocycles. The highest BCUT2D eigenvalue weighted by molar-refractivity contribution is 7.13. The Morgan fingerprint density at radius 1 is 1.60 bits per heavy atom. The number of carbonyl (C=O) groups excluding carboxylic acids is 1. The summed E-state index contributed by atoms with van der Waals surface area (Å²) in [7, 11) is 0. The Balaban J connectivity index is 2.19. The second-order valence-electron chi connectivity index (χ2n) is 3.69. The second kappa shape index (κ2) is 5.70. The van der Waals surface area contributed by atoms with Crippen LogP contribution in [0.15, 0.2) is 5.38 Å². The van der Waals surface area contributed by atoms with Crippen molar-refractivity contribution in [1.82, 2.24) is 10.3 Å². The van der Waals surface area contributed by atoms with Gasteiger partial charge >= 0.3 is 0 Å². The summed E-state index contributed by atoms with van der Waals surface area (Å²) >= 11 is 1.56. The number of amides is 1. The fourth-order valence-electron chi connectivity index (χ4n) is 1.11. The molecule has 4 nitrogen and oxygen atoms in total. The molecule has 0 atom stereocenters. The lowest BCUT2D eigenvalue weighted by Crippen LogP contribution is -2.31. The Labute approximate surface area is 94.1 Å². The van der Waals surface area contributed by atoms with E-state index in [2.05, 4.69) is 15.6 Å². The molecule has 1 rings (SSSR count). The van der Waals surface area contributed by atoms with E-state index in [9.17, 15) is 4.79 Å². The summed E-state index contributed by atoms with van der Waals surface area (Å²) in [6.07, 6.45) is 0.483. The van der Waals surface area contributed by atoms with Crippen LogP contribution in [0.25, 0.3) is 0 Å². The van der Waals surface area contributed by atoms with Gasteiger partial charge in [0, 0.05) is 24.4 Å². The first kappa shape index (κ1) is 12.0. The molecule has 15 heavy (non-hydrogen) atoms. The summed E-state index contributed by atoms with van der Waals surface area (Å²) in [5.41, 5.74) is 1.01. The molecule has 1 aromatic heterocycles. The number of nitrogens with zero attached hydrogens (tertiary/aromatic N) is 1. The molecule has 0 aliphatic rings. The van der Waals surface area contributed by atoms with Crippen LogP contribution in [0.3, 0.4) is 0 Å². The largest absolute Gasteiger partial charge is 0.361 e. The molecule has 0 spiro atoms. The highest BCUT2D eigenvalue weighted by Crippen LogP contribution is 2.13. The Morgan fingerprint density at radius 3 is 2.87 bits per heavy atom. The molecule has 0 unspecified atom stereocenters. The van der Waals surface area contributed by atoms with Crippen molar-refractivity contribution in [2.75, 3.05) is 11.9 Å². The number of carbonyl (C=O) groups is 1. The van der Waals surface area contributed by atoms with Gasteiger partial charge in [-0.25, -0.2) is 4.98 Å². The minimum atomic E-state index is 0.0748. The topological polar surface area (TPSA) is 54.0 Å². The highest BCUT2D eigenvalue weighted by Gasteiger charge is 2.03. The average Bonchev–Trinajstić information content (AvgIpc) is 2.50. The first-order valence-electron chi connectivity index (χ1n) is 5.03. The van der Waals surface area contributed by atoms with E-state index in [1.165, 1.54) is 0 Å². The predicted octanol–water partition coefficient (Wildman–Crippen LogP) is 1.78. The zero-order valence-corrected chi connectivity index (χ0v) is 10.1. The smallest absolute Gasteiger partial charge is 0.221 e. The second-order valence-corrected chi connectivity index (χ2v) is 4.55. The summed E-state index contributed by atoms with van der Waals surface area (Å²) in [5, 5.41) is 8.82. The Hall–Kier alpha value is -1.10. The Kier molecular flexibility index (Phi) is 4.55. The van der Waals surface area contributed by atoms with Crippen LogP contribution in [0.4, 0.5) is 5.13 Å². The monoisotopic (exact) mass is 227 g/mol. The van der Waals surface area contributed by atoms with Gasteiger partial charge in [0.1, 0.15) is 0 Å². The van der Waals surface area contributed by atoms with Crippen molar-refractivity contribution in [3.05, 3.63) is 11.1 Å². The van der Waals surface area contributed by atoms with Gasteiger partial charge in [-0.3, -0.25) is 4.79 Å². The molecule has 84 valence electrons. The first-order valence-corrected chi connectivity index (χ1v) is 5.91. The Bertz CT molecular complexity index is 322. The van der Waals surface area contributed by atoms with E-state index in [4.69, 9.17) is 0 Å². The number of anilines is 1. The third-order valence-corrected chi connectivity index (χ3v) is 2.61. The van der Waals surface area contributed by atoms with E-state index in [-0.39, 0.29) is 11.9 Å². The number of hydrogen-bond donors (Lipinski definition) is 2. The summed E-state index contributed by atoms with van der Waals surface area (Å²) in [6, 6.07) is 0.208. The summed E-state index contributed by atoms with van der Waals surface area (Å²) in [6.45, 7) is 6.49. The molecule has 1 aromatic rings. The predicted molar refractivity (Wildman–Crippen MR) is 63.2 cm³/mol. The maximum atomic E-state index is 11.3. The third kappa shape index (κ3) is 4.78. The van der Waals surface area contributed by atoms with Gasteiger partial charge in [0.2, 0.25) is 5.91 Å². The van der Waals surface area contributed by atoms with Crippen molar-refractivity contribution >= 4 is 22.4 Å². The van der Waals surface area contributed by atoms with Crippen LogP contribution in [0.1, 0.15) is 26.0 Å². The third-order valence-electron chi connectivity index (χ3n) is 1.70. The van der Waals surface area contributed by atoms with Gasteiger partial charge in [0.05, 0.1) is 5.69 Å². The molecule has 0 saturated carbocycles. The maximum Gasteiger partial charge on any atom is 0.221 e. The molecule has 2 N–H and O–H groups in total. The minimum Gasteiger partial charge on any atom is -0.361 e.